The largest absolute Gasteiger partial charge is 0.383 e. The molecule has 0 unspecified atom stereocenters. The Labute approximate surface area is 133 Å². The Balaban J connectivity index is 1.64. The fourth-order valence-electron chi connectivity index (χ4n) is 3.29. The first-order chi connectivity index (χ1) is 11.0. The van der Waals surface area contributed by atoms with E-state index in [2.05, 4.69) is 10.2 Å². The van der Waals surface area contributed by atoms with Crippen LogP contribution in [-0.2, 0) is 9.53 Å². The third-order valence-corrected chi connectivity index (χ3v) is 4.55. The molecule has 2 aliphatic heterocycles. The molecule has 0 spiro atoms. The number of nitrogens with one attached hydrogen (secondary N) is 1. The quantitative estimate of drug-likeness (QED) is 0.757. The number of rotatable bonds is 5. The Morgan fingerprint density at radius 1 is 1.39 bits per heavy atom. The highest BCUT2D eigenvalue weighted by Gasteiger charge is 2.47. The van der Waals surface area contributed by atoms with E-state index in [4.69, 9.17) is 4.74 Å². The highest BCUT2D eigenvalue weighted by Crippen LogP contribution is 2.32. The number of amides is 2. The van der Waals surface area contributed by atoms with Gasteiger partial charge >= 0.3 is 0 Å². The molecule has 8 heteroatoms. The summed E-state index contributed by atoms with van der Waals surface area (Å²) in [5.41, 5.74) is 0.536. The van der Waals surface area contributed by atoms with Crippen LogP contribution in [-0.4, -0.2) is 77.5 Å². The van der Waals surface area contributed by atoms with Crippen molar-refractivity contribution in [3.05, 3.63) is 17.5 Å². The van der Waals surface area contributed by atoms with E-state index in [9.17, 15) is 14.4 Å². The van der Waals surface area contributed by atoms with Crippen LogP contribution < -0.4 is 0 Å². The summed E-state index contributed by atoms with van der Waals surface area (Å²) < 4.78 is 5.02. The zero-order valence-electron chi connectivity index (χ0n) is 13.2. The predicted molar refractivity (Wildman–Crippen MR) is 79.9 cm³/mol. The molecule has 2 fully saturated rings. The molecule has 23 heavy (non-hydrogen) atoms. The minimum Gasteiger partial charge on any atom is -0.383 e. The summed E-state index contributed by atoms with van der Waals surface area (Å²) in [5, 5.41) is 6.43. The molecule has 0 saturated carbocycles. The van der Waals surface area contributed by atoms with E-state index in [1.165, 1.54) is 13.0 Å². The molecular weight excluding hydrogens is 300 g/mol. The second kappa shape index (κ2) is 6.11. The predicted octanol–water partition coefficient (Wildman–Crippen LogP) is -0.211. The molecule has 124 valence electrons. The van der Waals surface area contributed by atoms with E-state index in [0.717, 1.165) is 0 Å². The van der Waals surface area contributed by atoms with Crippen molar-refractivity contribution >= 4 is 17.6 Å². The Kier molecular flexibility index (Phi) is 4.16. The van der Waals surface area contributed by atoms with Gasteiger partial charge in [0.2, 0.25) is 5.91 Å². The molecule has 3 rings (SSSR count). The number of carbonyl (C=O) groups excluding carboxylic acids is 3. The van der Waals surface area contributed by atoms with Crippen LogP contribution in [0.4, 0.5) is 0 Å². The monoisotopic (exact) mass is 320 g/mol. The molecule has 3 heterocycles. The number of fused-ring (bicyclic) bond motifs is 1. The molecule has 0 radical (unpaired) electrons. The number of Topliss-reactive ketones (excluding diaryl/α,β-unsaturated/α-hetero) is 1. The van der Waals surface area contributed by atoms with Crippen LogP contribution in [0.25, 0.3) is 0 Å². The SMILES string of the molecule is COCCN1C[C@@H]2CN(C(=O)c3cc(C(C)=O)n[nH]3)C[C@@H]2C1=O. The van der Waals surface area contributed by atoms with Crippen molar-refractivity contribution in [2.45, 2.75) is 6.92 Å². The summed E-state index contributed by atoms with van der Waals surface area (Å²) in [6, 6.07) is 1.46. The van der Waals surface area contributed by atoms with Gasteiger partial charge in [-0.25, -0.2) is 0 Å². The number of H-pyrrole nitrogens is 1. The van der Waals surface area contributed by atoms with Crippen LogP contribution >= 0.6 is 0 Å². The molecule has 0 bridgehead atoms. The summed E-state index contributed by atoms with van der Waals surface area (Å²) in [6.07, 6.45) is 0. The minimum atomic E-state index is -0.212. The molecular formula is C15H20N4O4. The molecule has 2 atom stereocenters. The summed E-state index contributed by atoms with van der Waals surface area (Å²) >= 11 is 0. The van der Waals surface area contributed by atoms with Crippen molar-refractivity contribution in [2.24, 2.45) is 11.8 Å². The van der Waals surface area contributed by atoms with E-state index < -0.39 is 0 Å². The molecule has 2 saturated heterocycles. The van der Waals surface area contributed by atoms with Gasteiger partial charge < -0.3 is 14.5 Å². The normalized spacial score (nSPS) is 23.5. The van der Waals surface area contributed by atoms with Crippen LogP contribution in [0.3, 0.4) is 0 Å². The summed E-state index contributed by atoms with van der Waals surface area (Å²) in [7, 11) is 1.61. The molecule has 0 aliphatic carbocycles. The highest BCUT2D eigenvalue weighted by molar-refractivity contribution is 5.98. The number of hydrogen-bond donors (Lipinski definition) is 1. The highest BCUT2D eigenvalue weighted by atomic mass is 16.5. The third kappa shape index (κ3) is 2.86. The number of aromatic amines is 1. The fraction of sp³-hybridized carbons (Fsp3) is 0.600. The summed E-state index contributed by atoms with van der Waals surface area (Å²) in [5.74, 6) is -0.279. The lowest BCUT2D eigenvalue weighted by molar-refractivity contribution is -0.131. The van der Waals surface area contributed by atoms with Crippen molar-refractivity contribution in [3.63, 3.8) is 0 Å². The standard InChI is InChI=1S/C15H20N4O4/c1-9(20)12-5-13(17-16-12)15(22)19-7-10-6-18(3-4-23-2)14(21)11(10)8-19/h5,10-11H,3-4,6-8H2,1-2H3,(H,16,17)/t10-,11+/m1/s1. The second-order valence-corrected chi connectivity index (χ2v) is 6.08. The Morgan fingerprint density at radius 3 is 2.78 bits per heavy atom. The number of carbonyl (C=O) groups is 3. The number of methoxy groups -OCH3 is 1. The molecule has 2 amide bonds. The van der Waals surface area contributed by atoms with Gasteiger partial charge in [-0.05, 0) is 6.07 Å². The molecule has 1 N–H and O–H groups in total. The average Bonchev–Trinajstić information content (AvgIpc) is 3.21. The number of likely N-dealkylation sites (tertiary alicyclic amines) is 2. The third-order valence-electron chi connectivity index (χ3n) is 4.55. The Bertz CT molecular complexity index is 641. The molecule has 2 aliphatic rings. The van der Waals surface area contributed by atoms with Crippen molar-refractivity contribution in [2.75, 3.05) is 39.9 Å². The minimum absolute atomic E-state index is 0.0939. The lowest BCUT2D eigenvalue weighted by Crippen LogP contribution is -2.37. The number of ether oxygens (including phenoxy) is 1. The van der Waals surface area contributed by atoms with Crippen LogP contribution in [0, 0.1) is 11.8 Å². The first-order valence-electron chi connectivity index (χ1n) is 7.64. The lowest BCUT2D eigenvalue weighted by atomic mass is 10.0. The van der Waals surface area contributed by atoms with Gasteiger partial charge in [-0.1, -0.05) is 0 Å². The number of nitrogens with zero attached hydrogens (tertiary/aromatic N) is 3. The van der Waals surface area contributed by atoms with Gasteiger partial charge in [0.05, 0.1) is 12.5 Å². The molecule has 1 aromatic heterocycles. The summed E-state index contributed by atoms with van der Waals surface area (Å²) in [4.78, 5) is 39.6. The molecule has 8 nitrogen and oxygen atoms in total. The van der Waals surface area contributed by atoms with E-state index in [1.807, 2.05) is 4.90 Å². The zero-order valence-corrected chi connectivity index (χ0v) is 13.2. The second-order valence-electron chi connectivity index (χ2n) is 6.08. The first kappa shape index (κ1) is 15.7. The van der Waals surface area contributed by atoms with Crippen LogP contribution in [0.1, 0.15) is 27.9 Å². The van der Waals surface area contributed by atoms with Crippen molar-refractivity contribution < 1.29 is 19.1 Å². The van der Waals surface area contributed by atoms with Crippen molar-refractivity contribution in [3.8, 4) is 0 Å². The van der Waals surface area contributed by atoms with Gasteiger partial charge in [-0.2, -0.15) is 5.10 Å². The molecule has 1 aromatic rings. The Hall–Kier alpha value is -2.22. The van der Waals surface area contributed by atoms with E-state index in [1.54, 1.807) is 12.0 Å². The van der Waals surface area contributed by atoms with Gasteiger partial charge in [-0.15, -0.1) is 0 Å². The summed E-state index contributed by atoms with van der Waals surface area (Å²) in [6.45, 7) is 4.15. The van der Waals surface area contributed by atoms with Gasteiger partial charge in [0.1, 0.15) is 11.4 Å². The van der Waals surface area contributed by atoms with Crippen molar-refractivity contribution in [1.82, 2.24) is 20.0 Å². The van der Waals surface area contributed by atoms with Crippen molar-refractivity contribution in [1.29, 1.82) is 0 Å². The zero-order chi connectivity index (χ0) is 16.6. The average molecular weight is 320 g/mol. The maximum atomic E-state index is 12.5. The van der Waals surface area contributed by atoms with Gasteiger partial charge in [0.25, 0.3) is 5.91 Å². The van der Waals surface area contributed by atoms with Gasteiger partial charge in [0.15, 0.2) is 5.78 Å². The lowest BCUT2D eigenvalue weighted by Gasteiger charge is -2.21. The maximum absolute atomic E-state index is 12.5. The topological polar surface area (TPSA) is 95.6 Å². The van der Waals surface area contributed by atoms with Crippen LogP contribution in [0.15, 0.2) is 6.07 Å². The number of aromatic nitrogens is 2. The van der Waals surface area contributed by atoms with E-state index in [-0.39, 0.29) is 35.1 Å². The van der Waals surface area contributed by atoms with Gasteiger partial charge in [-0.3, -0.25) is 19.5 Å². The van der Waals surface area contributed by atoms with Crippen LogP contribution in [0.2, 0.25) is 0 Å². The van der Waals surface area contributed by atoms with E-state index >= 15 is 0 Å². The Morgan fingerprint density at radius 2 is 2.17 bits per heavy atom. The smallest absolute Gasteiger partial charge is 0.271 e. The number of hydrogen-bond acceptors (Lipinski definition) is 5. The maximum Gasteiger partial charge on any atom is 0.271 e. The van der Waals surface area contributed by atoms with Gasteiger partial charge in [0, 0.05) is 46.1 Å². The van der Waals surface area contributed by atoms with Crippen LogP contribution in [0.5, 0.6) is 0 Å². The number of ketones is 1. The molecule has 0 aromatic carbocycles. The van der Waals surface area contributed by atoms with E-state index in [0.29, 0.717) is 38.5 Å². The fourth-order valence-corrected chi connectivity index (χ4v) is 3.29. The first-order valence-corrected chi connectivity index (χ1v) is 7.64.